The number of hydrogen-bond donors (Lipinski definition) is 1. The summed E-state index contributed by atoms with van der Waals surface area (Å²) in [6.45, 7) is 5.64. The molecule has 3 heterocycles. The van der Waals surface area contributed by atoms with Crippen LogP contribution in [0.1, 0.15) is 30.7 Å². The lowest BCUT2D eigenvalue weighted by Crippen LogP contribution is -2.45. The Bertz CT molecular complexity index is 703. The molecule has 2 aliphatic rings. The first-order valence-electron chi connectivity index (χ1n) is 8.21. The molecule has 2 aliphatic heterocycles. The molecule has 6 heteroatoms. The number of nitrogens with zero attached hydrogens (tertiary/aromatic N) is 3. The molecular formula is C17H21FN4O. The number of nitrogens with one attached hydrogen (secondary N) is 1. The summed E-state index contributed by atoms with van der Waals surface area (Å²) in [5, 5.41) is 7.53. The van der Waals surface area contributed by atoms with Crippen LogP contribution < -0.4 is 5.32 Å². The molecule has 5 nitrogen and oxygen atoms in total. The summed E-state index contributed by atoms with van der Waals surface area (Å²) in [5.41, 5.74) is 1.64. The van der Waals surface area contributed by atoms with Crippen molar-refractivity contribution in [2.24, 2.45) is 0 Å². The van der Waals surface area contributed by atoms with Gasteiger partial charge in [-0.05, 0) is 63.0 Å². The van der Waals surface area contributed by atoms with Crippen molar-refractivity contribution < 1.29 is 8.91 Å². The zero-order valence-electron chi connectivity index (χ0n) is 13.3. The molecule has 0 radical (unpaired) electrons. The second kappa shape index (κ2) is 5.69. The fourth-order valence-corrected chi connectivity index (χ4v) is 3.84. The predicted octanol–water partition coefficient (Wildman–Crippen LogP) is 2.51. The molecule has 1 unspecified atom stereocenters. The number of benzene rings is 1. The van der Waals surface area contributed by atoms with Crippen LogP contribution in [0.15, 0.2) is 22.7 Å². The van der Waals surface area contributed by atoms with Crippen LogP contribution in [0, 0.1) is 12.7 Å². The Hall–Kier alpha value is -1.79. The Morgan fingerprint density at radius 3 is 3.09 bits per heavy atom. The molecule has 0 aliphatic carbocycles. The van der Waals surface area contributed by atoms with E-state index in [1.54, 1.807) is 19.1 Å². The maximum atomic E-state index is 13.4. The van der Waals surface area contributed by atoms with Crippen molar-refractivity contribution in [3.8, 4) is 11.4 Å². The second-order valence-corrected chi connectivity index (χ2v) is 6.65. The highest BCUT2D eigenvalue weighted by Crippen LogP contribution is 2.35. The highest BCUT2D eigenvalue weighted by atomic mass is 19.1. The summed E-state index contributed by atoms with van der Waals surface area (Å²) in [6.07, 6.45) is 3.64. The first-order chi connectivity index (χ1) is 11.2. The first-order valence-corrected chi connectivity index (χ1v) is 8.21. The lowest BCUT2D eigenvalue weighted by molar-refractivity contribution is 0.130. The van der Waals surface area contributed by atoms with Gasteiger partial charge in [0, 0.05) is 17.6 Å². The Morgan fingerprint density at radius 1 is 1.39 bits per heavy atom. The van der Waals surface area contributed by atoms with E-state index < -0.39 is 0 Å². The number of rotatable bonds is 3. The average molecular weight is 316 g/mol. The van der Waals surface area contributed by atoms with Crippen molar-refractivity contribution >= 4 is 0 Å². The third kappa shape index (κ3) is 2.66. The molecule has 2 aromatic rings. The molecule has 4 rings (SSSR count). The number of halogens is 1. The van der Waals surface area contributed by atoms with Gasteiger partial charge in [-0.3, -0.25) is 4.90 Å². The highest BCUT2D eigenvalue weighted by Gasteiger charge is 2.43. The molecule has 1 aromatic carbocycles. The number of aromatic nitrogens is 2. The molecule has 0 bridgehead atoms. The van der Waals surface area contributed by atoms with Crippen LogP contribution in [0.3, 0.4) is 0 Å². The number of hydrogen-bond acceptors (Lipinski definition) is 5. The van der Waals surface area contributed by atoms with Gasteiger partial charge in [-0.2, -0.15) is 4.98 Å². The summed E-state index contributed by atoms with van der Waals surface area (Å²) < 4.78 is 18.8. The molecule has 2 fully saturated rings. The molecule has 1 spiro atoms. The van der Waals surface area contributed by atoms with E-state index >= 15 is 0 Å². The minimum atomic E-state index is -0.217. The average Bonchev–Trinajstić information content (AvgIpc) is 3.27. The topological polar surface area (TPSA) is 54.2 Å². The van der Waals surface area contributed by atoms with E-state index in [0.717, 1.165) is 25.2 Å². The van der Waals surface area contributed by atoms with Crippen molar-refractivity contribution in [1.29, 1.82) is 0 Å². The monoisotopic (exact) mass is 316 g/mol. The normalized spacial score (nSPS) is 24.8. The van der Waals surface area contributed by atoms with E-state index in [-0.39, 0.29) is 11.4 Å². The molecule has 1 aromatic heterocycles. The summed E-state index contributed by atoms with van der Waals surface area (Å²) in [4.78, 5) is 6.98. The van der Waals surface area contributed by atoms with E-state index in [2.05, 4.69) is 20.4 Å². The van der Waals surface area contributed by atoms with E-state index in [1.807, 2.05) is 0 Å². The summed E-state index contributed by atoms with van der Waals surface area (Å²) in [5.74, 6) is 0.946. The van der Waals surface area contributed by atoms with Gasteiger partial charge in [-0.15, -0.1) is 0 Å². The molecule has 1 atom stereocenters. The lowest BCUT2D eigenvalue weighted by atomic mass is 9.95. The van der Waals surface area contributed by atoms with E-state index in [9.17, 15) is 4.39 Å². The summed E-state index contributed by atoms with van der Waals surface area (Å²) >= 11 is 0. The van der Waals surface area contributed by atoms with Crippen LogP contribution >= 0.6 is 0 Å². The van der Waals surface area contributed by atoms with Crippen LogP contribution in [0.25, 0.3) is 11.4 Å². The fraction of sp³-hybridized carbons (Fsp3) is 0.529. The van der Waals surface area contributed by atoms with E-state index in [0.29, 0.717) is 23.8 Å². The van der Waals surface area contributed by atoms with Gasteiger partial charge < -0.3 is 9.84 Å². The zero-order valence-corrected chi connectivity index (χ0v) is 13.3. The largest absolute Gasteiger partial charge is 0.338 e. The van der Waals surface area contributed by atoms with Crippen LogP contribution in [0.2, 0.25) is 0 Å². The standard InChI is InChI=1S/C17H21FN4O/c1-12-9-13(3-4-14(12)18)16-20-15(23-21-16)10-22-8-2-5-17(22)6-7-19-11-17/h3-4,9,19H,2,5-8,10-11H2,1H3. The minimum Gasteiger partial charge on any atom is -0.338 e. The van der Waals surface area contributed by atoms with Crippen LogP contribution in [-0.4, -0.2) is 40.2 Å². The SMILES string of the molecule is Cc1cc(-c2noc(CN3CCCC34CCNC4)n2)ccc1F. The van der Waals surface area contributed by atoms with Crippen LogP contribution in [0.4, 0.5) is 4.39 Å². The molecule has 23 heavy (non-hydrogen) atoms. The van der Waals surface area contributed by atoms with Gasteiger partial charge >= 0.3 is 0 Å². The molecular weight excluding hydrogens is 295 g/mol. The van der Waals surface area contributed by atoms with Gasteiger partial charge in [0.2, 0.25) is 11.7 Å². The zero-order chi connectivity index (χ0) is 15.9. The van der Waals surface area contributed by atoms with Gasteiger partial charge in [0.05, 0.1) is 6.54 Å². The number of likely N-dealkylation sites (tertiary alicyclic amines) is 1. The third-order valence-electron chi connectivity index (χ3n) is 5.17. The van der Waals surface area contributed by atoms with Gasteiger partial charge in [-0.25, -0.2) is 4.39 Å². The maximum absolute atomic E-state index is 13.4. The molecule has 2 saturated heterocycles. The first kappa shape index (κ1) is 14.8. The molecule has 122 valence electrons. The number of aryl methyl sites for hydroxylation is 1. The van der Waals surface area contributed by atoms with Gasteiger partial charge in [0.15, 0.2) is 0 Å². The second-order valence-electron chi connectivity index (χ2n) is 6.65. The molecule has 0 saturated carbocycles. The van der Waals surface area contributed by atoms with Gasteiger partial charge in [0.25, 0.3) is 0 Å². The molecule has 0 amide bonds. The van der Waals surface area contributed by atoms with Crippen molar-refractivity contribution in [3.05, 3.63) is 35.5 Å². The van der Waals surface area contributed by atoms with Crippen LogP contribution in [-0.2, 0) is 6.54 Å². The Balaban J connectivity index is 1.53. The van der Waals surface area contributed by atoms with Gasteiger partial charge in [-0.1, -0.05) is 5.16 Å². The van der Waals surface area contributed by atoms with E-state index in [1.165, 1.54) is 25.3 Å². The Labute approximate surface area is 134 Å². The summed E-state index contributed by atoms with van der Waals surface area (Å²) in [6, 6.07) is 4.89. The Kier molecular flexibility index (Phi) is 3.66. The van der Waals surface area contributed by atoms with Crippen molar-refractivity contribution in [2.45, 2.75) is 38.3 Å². The predicted molar refractivity (Wildman–Crippen MR) is 84.3 cm³/mol. The van der Waals surface area contributed by atoms with Crippen molar-refractivity contribution in [2.75, 3.05) is 19.6 Å². The molecule has 1 N–H and O–H groups in total. The van der Waals surface area contributed by atoms with Crippen molar-refractivity contribution in [1.82, 2.24) is 20.4 Å². The minimum absolute atomic E-state index is 0.217. The Morgan fingerprint density at radius 2 is 2.30 bits per heavy atom. The van der Waals surface area contributed by atoms with Gasteiger partial charge in [0.1, 0.15) is 5.82 Å². The van der Waals surface area contributed by atoms with Crippen molar-refractivity contribution in [3.63, 3.8) is 0 Å². The smallest absolute Gasteiger partial charge is 0.241 e. The maximum Gasteiger partial charge on any atom is 0.241 e. The highest BCUT2D eigenvalue weighted by molar-refractivity contribution is 5.55. The van der Waals surface area contributed by atoms with E-state index in [4.69, 9.17) is 4.52 Å². The fourth-order valence-electron chi connectivity index (χ4n) is 3.84. The summed E-state index contributed by atoms with van der Waals surface area (Å²) in [7, 11) is 0. The third-order valence-corrected chi connectivity index (χ3v) is 5.17. The quantitative estimate of drug-likeness (QED) is 0.943. The lowest BCUT2D eigenvalue weighted by Gasteiger charge is -2.33. The van der Waals surface area contributed by atoms with Crippen LogP contribution in [0.5, 0.6) is 0 Å².